The fourth-order valence-electron chi connectivity index (χ4n) is 2.03. The van der Waals surface area contributed by atoms with Crippen molar-refractivity contribution in [3.63, 3.8) is 0 Å². The van der Waals surface area contributed by atoms with Gasteiger partial charge in [-0.3, -0.25) is 0 Å². The van der Waals surface area contributed by atoms with E-state index in [2.05, 4.69) is 4.72 Å². The van der Waals surface area contributed by atoms with Crippen molar-refractivity contribution >= 4 is 10.0 Å². The number of aryl methyl sites for hydroxylation is 1. The molecule has 6 heteroatoms. The van der Waals surface area contributed by atoms with E-state index in [1.807, 2.05) is 6.07 Å². The Balaban J connectivity index is 2.19. The largest absolute Gasteiger partial charge is 0.381 e. The summed E-state index contributed by atoms with van der Waals surface area (Å²) in [4.78, 5) is 0.204. The summed E-state index contributed by atoms with van der Waals surface area (Å²) in [5.41, 5.74) is 1.15. The van der Waals surface area contributed by atoms with Crippen LogP contribution in [0, 0.1) is 18.3 Å². The van der Waals surface area contributed by atoms with Gasteiger partial charge in [-0.2, -0.15) is 5.26 Å². The predicted octanol–water partition coefficient (Wildman–Crippen LogP) is 1.32. The van der Waals surface area contributed by atoms with E-state index in [0.717, 1.165) is 0 Å². The van der Waals surface area contributed by atoms with Crippen LogP contribution in [0.5, 0.6) is 0 Å². The highest BCUT2D eigenvalue weighted by Crippen LogP contribution is 2.17. The van der Waals surface area contributed by atoms with E-state index in [9.17, 15) is 8.42 Å². The lowest BCUT2D eigenvalue weighted by atomic mass is 10.1. The summed E-state index contributed by atoms with van der Waals surface area (Å²) >= 11 is 0. The van der Waals surface area contributed by atoms with Crippen molar-refractivity contribution in [2.75, 3.05) is 13.2 Å². The van der Waals surface area contributed by atoms with Crippen LogP contribution in [0.15, 0.2) is 23.1 Å². The average Bonchev–Trinajstić information content (AvgIpc) is 2.39. The zero-order chi connectivity index (χ0) is 13.9. The van der Waals surface area contributed by atoms with E-state index in [1.165, 1.54) is 18.2 Å². The number of nitriles is 1. The van der Waals surface area contributed by atoms with Gasteiger partial charge in [-0.05, 0) is 43.5 Å². The van der Waals surface area contributed by atoms with Gasteiger partial charge in [0, 0.05) is 19.3 Å². The monoisotopic (exact) mass is 280 g/mol. The first-order chi connectivity index (χ1) is 9.03. The predicted molar refractivity (Wildman–Crippen MR) is 70.1 cm³/mol. The summed E-state index contributed by atoms with van der Waals surface area (Å²) in [6.07, 6.45) is 1.38. The maximum absolute atomic E-state index is 12.2. The third kappa shape index (κ3) is 3.32. The number of hydrogen-bond acceptors (Lipinski definition) is 4. The van der Waals surface area contributed by atoms with Gasteiger partial charge in [-0.25, -0.2) is 13.1 Å². The minimum atomic E-state index is -3.52. The van der Waals surface area contributed by atoms with E-state index in [1.54, 1.807) is 6.92 Å². The molecule has 1 N–H and O–H groups in total. The van der Waals surface area contributed by atoms with Gasteiger partial charge in [0.2, 0.25) is 10.0 Å². The van der Waals surface area contributed by atoms with E-state index < -0.39 is 10.0 Å². The van der Waals surface area contributed by atoms with Gasteiger partial charge in [-0.15, -0.1) is 0 Å². The van der Waals surface area contributed by atoms with Gasteiger partial charge in [0.25, 0.3) is 0 Å². The van der Waals surface area contributed by atoms with Crippen molar-refractivity contribution in [3.05, 3.63) is 29.3 Å². The molecule has 19 heavy (non-hydrogen) atoms. The molecule has 0 atom stereocenters. The van der Waals surface area contributed by atoms with Crippen LogP contribution in [0.25, 0.3) is 0 Å². The van der Waals surface area contributed by atoms with E-state index >= 15 is 0 Å². The minimum absolute atomic E-state index is 0.0744. The molecule has 0 bridgehead atoms. The van der Waals surface area contributed by atoms with Gasteiger partial charge >= 0.3 is 0 Å². The van der Waals surface area contributed by atoms with Crippen molar-refractivity contribution in [1.29, 1.82) is 5.26 Å². The zero-order valence-electron chi connectivity index (χ0n) is 10.7. The van der Waals surface area contributed by atoms with Crippen molar-refractivity contribution in [2.24, 2.45) is 0 Å². The van der Waals surface area contributed by atoms with Crippen molar-refractivity contribution in [2.45, 2.75) is 30.7 Å². The second kappa shape index (κ2) is 5.70. The summed E-state index contributed by atoms with van der Waals surface area (Å²) in [6, 6.07) is 6.48. The first-order valence-electron chi connectivity index (χ1n) is 6.14. The molecule has 0 unspecified atom stereocenters. The van der Waals surface area contributed by atoms with Gasteiger partial charge in [0.05, 0.1) is 16.5 Å². The highest BCUT2D eigenvalue weighted by molar-refractivity contribution is 7.89. The van der Waals surface area contributed by atoms with Gasteiger partial charge < -0.3 is 4.74 Å². The molecule has 1 aliphatic rings. The molecule has 0 amide bonds. The highest BCUT2D eigenvalue weighted by Gasteiger charge is 2.22. The molecule has 0 radical (unpaired) electrons. The molecule has 1 aromatic rings. The fraction of sp³-hybridized carbons (Fsp3) is 0.462. The van der Waals surface area contributed by atoms with Crippen LogP contribution >= 0.6 is 0 Å². The van der Waals surface area contributed by atoms with Crippen LogP contribution in [-0.4, -0.2) is 27.7 Å². The number of benzene rings is 1. The molecule has 1 heterocycles. The molecule has 0 saturated carbocycles. The molecule has 1 fully saturated rings. The second-order valence-corrected chi connectivity index (χ2v) is 6.31. The molecule has 2 rings (SSSR count). The van der Waals surface area contributed by atoms with Crippen molar-refractivity contribution < 1.29 is 13.2 Å². The molecule has 0 aliphatic carbocycles. The van der Waals surface area contributed by atoms with Crippen LogP contribution in [0.4, 0.5) is 0 Å². The third-order valence-corrected chi connectivity index (χ3v) is 4.69. The minimum Gasteiger partial charge on any atom is -0.381 e. The smallest absolute Gasteiger partial charge is 0.240 e. The maximum Gasteiger partial charge on any atom is 0.240 e. The number of sulfonamides is 1. The molecular weight excluding hydrogens is 264 g/mol. The van der Waals surface area contributed by atoms with Gasteiger partial charge in [0.1, 0.15) is 0 Å². The maximum atomic E-state index is 12.2. The lowest BCUT2D eigenvalue weighted by molar-refractivity contribution is 0.0832. The molecule has 1 aliphatic heterocycles. The van der Waals surface area contributed by atoms with E-state index in [-0.39, 0.29) is 10.9 Å². The summed E-state index contributed by atoms with van der Waals surface area (Å²) in [5, 5.41) is 8.84. The molecule has 1 saturated heterocycles. The number of nitrogens with one attached hydrogen (secondary N) is 1. The Labute approximate surface area is 113 Å². The third-order valence-electron chi connectivity index (χ3n) is 3.17. The summed E-state index contributed by atoms with van der Waals surface area (Å²) in [6.45, 7) is 2.89. The number of hydrogen-bond donors (Lipinski definition) is 1. The molecule has 0 aromatic heterocycles. The number of rotatable bonds is 3. The first kappa shape index (κ1) is 14.0. The van der Waals surface area contributed by atoms with Crippen LogP contribution in [0.3, 0.4) is 0 Å². The van der Waals surface area contributed by atoms with Crippen LogP contribution in [0.1, 0.15) is 24.0 Å². The molecular formula is C13H16N2O3S. The second-order valence-electron chi connectivity index (χ2n) is 4.60. The SMILES string of the molecule is Cc1cc(S(=O)(=O)NC2CCOCC2)ccc1C#N. The fourth-order valence-corrected chi connectivity index (χ4v) is 3.42. The van der Waals surface area contributed by atoms with Crippen molar-refractivity contribution in [3.8, 4) is 6.07 Å². The number of ether oxygens (including phenoxy) is 1. The topological polar surface area (TPSA) is 79.2 Å². The Morgan fingerprint density at radius 1 is 1.37 bits per heavy atom. The Kier molecular flexibility index (Phi) is 4.20. The first-order valence-corrected chi connectivity index (χ1v) is 7.62. The molecule has 1 aromatic carbocycles. The van der Waals surface area contributed by atoms with Crippen molar-refractivity contribution in [1.82, 2.24) is 4.72 Å². The standard InChI is InChI=1S/C13H16N2O3S/c1-10-8-13(3-2-11(10)9-14)19(16,17)15-12-4-6-18-7-5-12/h2-3,8,12,15H,4-7H2,1H3. The Bertz CT molecular complexity index is 599. The van der Waals surface area contributed by atoms with E-state index in [4.69, 9.17) is 10.00 Å². The Hall–Kier alpha value is -1.42. The normalized spacial score (nSPS) is 17.1. The lowest BCUT2D eigenvalue weighted by Crippen LogP contribution is -2.38. The quantitative estimate of drug-likeness (QED) is 0.905. The number of nitrogens with zero attached hydrogens (tertiary/aromatic N) is 1. The molecule has 0 spiro atoms. The molecule has 102 valence electrons. The van der Waals surface area contributed by atoms with Gasteiger partial charge in [-0.1, -0.05) is 0 Å². The van der Waals surface area contributed by atoms with Crippen LogP contribution in [-0.2, 0) is 14.8 Å². The summed E-state index contributed by atoms with van der Waals surface area (Å²) < 4.78 is 32.3. The lowest BCUT2D eigenvalue weighted by Gasteiger charge is -2.23. The Morgan fingerprint density at radius 3 is 2.63 bits per heavy atom. The van der Waals surface area contributed by atoms with Crippen LogP contribution in [0.2, 0.25) is 0 Å². The van der Waals surface area contributed by atoms with E-state index in [0.29, 0.717) is 37.2 Å². The highest BCUT2D eigenvalue weighted by atomic mass is 32.2. The van der Waals surface area contributed by atoms with Crippen LogP contribution < -0.4 is 4.72 Å². The van der Waals surface area contributed by atoms with Gasteiger partial charge in [0.15, 0.2) is 0 Å². The average molecular weight is 280 g/mol. The summed E-state index contributed by atoms with van der Waals surface area (Å²) in [5.74, 6) is 0. The Morgan fingerprint density at radius 2 is 2.05 bits per heavy atom. The summed E-state index contributed by atoms with van der Waals surface area (Å²) in [7, 11) is -3.52. The zero-order valence-corrected chi connectivity index (χ0v) is 11.5. The molecule has 5 nitrogen and oxygen atoms in total.